The van der Waals surface area contributed by atoms with Crippen molar-refractivity contribution in [3.63, 3.8) is 0 Å². The molecule has 0 amide bonds. The van der Waals surface area contributed by atoms with Crippen molar-refractivity contribution in [2.45, 2.75) is 39.7 Å². The molecule has 1 N–H and O–H groups in total. The summed E-state index contributed by atoms with van der Waals surface area (Å²) in [5.41, 5.74) is 0.844. The smallest absolute Gasteiger partial charge is 0.243 e. The Hall–Kier alpha value is -1.10. The highest BCUT2D eigenvalue weighted by atomic mass is 79.9. The molecule has 1 atom stereocenters. The Morgan fingerprint density at radius 1 is 1.39 bits per heavy atom. The summed E-state index contributed by atoms with van der Waals surface area (Å²) in [6.45, 7) is 6.64. The van der Waals surface area contributed by atoms with E-state index in [1.54, 1.807) is 4.52 Å². The lowest BCUT2D eigenvalue weighted by Gasteiger charge is -2.21. The van der Waals surface area contributed by atoms with Crippen molar-refractivity contribution in [2.75, 3.05) is 5.32 Å². The van der Waals surface area contributed by atoms with Gasteiger partial charge in [0.15, 0.2) is 5.65 Å². The van der Waals surface area contributed by atoms with Crippen LogP contribution < -0.4 is 5.32 Å². The first-order valence-corrected chi connectivity index (χ1v) is 7.22. The summed E-state index contributed by atoms with van der Waals surface area (Å²) < 4.78 is 2.74. The predicted octanol–water partition coefficient (Wildman–Crippen LogP) is 3.73. The molecular weight excluding hydrogens is 292 g/mol. The van der Waals surface area contributed by atoms with E-state index in [2.05, 4.69) is 52.1 Å². The van der Waals surface area contributed by atoms with Gasteiger partial charge in [-0.3, -0.25) is 0 Å². The van der Waals surface area contributed by atoms with Gasteiger partial charge >= 0.3 is 0 Å². The van der Waals surface area contributed by atoms with E-state index in [1.807, 2.05) is 18.3 Å². The predicted molar refractivity (Wildman–Crippen MR) is 77.8 cm³/mol. The zero-order valence-corrected chi connectivity index (χ0v) is 12.6. The highest BCUT2D eigenvalue weighted by Crippen LogP contribution is 2.19. The van der Waals surface area contributed by atoms with Gasteiger partial charge < -0.3 is 5.32 Å². The molecule has 0 radical (unpaired) electrons. The average Bonchev–Trinajstić information content (AvgIpc) is 2.74. The number of hydrogen-bond acceptors (Lipinski definition) is 3. The standard InChI is InChI=1S/C13H19BrN4/c1-4-10(5-2)9(3)15-13-16-12-11(14)7-6-8-18(12)17-13/h6-10H,4-5H2,1-3H3,(H,15,17). The van der Waals surface area contributed by atoms with Crippen LogP contribution in [0.25, 0.3) is 5.65 Å². The van der Waals surface area contributed by atoms with Crippen LogP contribution >= 0.6 is 15.9 Å². The number of nitrogens with one attached hydrogen (secondary N) is 1. The maximum absolute atomic E-state index is 4.50. The molecule has 0 saturated heterocycles. The van der Waals surface area contributed by atoms with Gasteiger partial charge in [0.25, 0.3) is 0 Å². The van der Waals surface area contributed by atoms with Crippen molar-refractivity contribution >= 4 is 27.5 Å². The summed E-state index contributed by atoms with van der Waals surface area (Å²) in [6.07, 6.45) is 4.24. The second-order valence-corrected chi connectivity index (χ2v) is 5.42. The van der Waals surface area contributed by atoms with Crippen LogP contribution in [0.5, 0.6) is 0 Å². The Balaban J connectivity index is 2.19. The van der Waals surface area contributed by atoms with E-state index in [-0.39, 0.29) is 0 Å². The topological polar surface area (TPSA) is 42.2 Å². The largest absolute Gasteiger partial charge is 0.350 e. The van der Waals surface area contributed by atoms with Crippen LogP contribution in [0.3, 0.4) is 0 Å². The van der Waals surface area contributed by atoms with Gasteiger partial charge in [-0.2, -0.15) is 4.98 Å². The lowest BCUT2D eigenvalue weighted by Crippen LogP contribution is -2.25. The highest BCUT2D eigenvalue weighted by Gasteiger charge is 2.15. The van der Waals surface area contributed by atoms with Gasteiger partial charge in [0.2, 0.25) is 5.95 Å². The molecule has 0 bridgehead atoms. The van der Waals surface area contributed by atoms with Crippen LogP contribution in [0.2, 0.25) is 0 Å². The fourth-order valence-corrected chi connectivity index (χ4v) is 2.68. The molecule has 4 nitrogen and oxygen atoms in total. The summed E-state index contributed by atoms with van der Waals surface area (Å²) in [7, 11) is 0. The third-order valence-electron chi connectivity index (χ3n) is 3.43. The second-order valence-electron chi connectivity index (χ2n) is 4.57. The number of rotatable bonds is 5. The van der Waals surface area contributed by atoms with Gasteiger partial charge in [-0.1, -0.05) is 26.7 Å². The summed E-state index contributed by atoms with van der Waals surface area (Å²) in [5, 5.41) is 7.83. The minimum absolute atomic E-state index is 0.385. The molecule has 18 heavy (non-hydrogen) atoms. The molecule has 2 aromatic heterocycles. The Morgan fingerprint density at radius 2 is 2.11 bits per heavy atom. The summed E-state index contributed by atoms with van der Waals surface area (Å²) in [6, 6.07) is 4.30. The highest BCUT2D eigenvalue weighted by molar-refractivity contribution is 9.10. The number of pyridine rings is 1. The third kappa shape index (κ3) is 2.66. The number of nitrogens with zero attached hydrogens (tertiary/aromatic N) is 3. The molecule has 5 heteroatoms. The lowest BCUT2D eigenvalue weighted by molar-refractivity contribution is 0.436. The molecule has 0 aliphatic heterocycles. The molecule has 0 aliphatic carbocycles. The van der Waals surface area contributed by atoms with Crippen LogP contribution in [-0.2, 0) is 0 Å². The van der Waals surface area contributed by atoms with Crippen molar-refractivity contribution in [3.05, 3.63) is 22.8 Å². The van der Waals surface area contributed by atoms with E-state index >= 15 is 0 Å². The normalized spacial score (nSPS) is 13.2. The number of hydrogen-bond donors (Lipinski definition) is 1. The van der Waals surface area contributed by atoms with Crippen LogP contribution in [0, 0.1) is 5.92 Å². The molecule has 2 aromatic rings. The number of anilines is 1. The Kier molecular flexibility index (Phi) is 4.22. The van der Waals surface area contributed by atoms with E-state index in [0.29, 0.717) is 17.9 Å². The summed E-state index contributed by atoms with van der Waals surface area (Å²) >= 11 is 3.48. The fourth-order valence-electron chi connectivity index (χ4n) is 2.25. The van der Waals surface area contributed by atoms with Gasteiger partial charge in [0.1, 0.15) is 0 Å². The molecule has 2 heterocycles. The van der Waals surface area contributed by atoms with E-state index in [0.717, 1.165) is 10.1 Å². The lowest BCUT2D eigenvalue weighted by atomic mass is 9.96. The maximum Gasteiger partial charge on any atom is 0.243 e. The van der Waals surface area contributed by atoms with Gasteiger partial charge in [-0.25, -0.2) is 4.52 Å². The minimum Gasteiger partial charge on any atom is -0.350 e. The molecule has 98 valence electrons. The Morgan fingerprint density at radius 3 is 2.72 bits per heavy atom. The van der Waals surface area contributed by atoms with Crippen molar-refractivity contribution in [1.29, 1.82) is 0 Å². The molecule has 0 aliphatic rings. The van der Waals surface area contributed by atoms with E-state index < -0.39 is 0 Å². The first kappa shape index (κ1) is 13.3. The zero-order valence-electron chi connectivity index (χ0n) is 11.0. The van der Waals surface area contributed by atoms with Crippen LogP contribution in [0.1, 0.15) is 33.6 Å². The number of fused-ring (bicyclic) bond motifs is 1. The molecule has 0 aromatic carbocycles. The fraction of sp³-hybridized carbons (Fsp3) is 0.538. The molecular formula is C13H19BrN4. The molecule has 0 saturated carbocycles. The zero-order chi connectivity index (χ0) is 13.1. The minimum atomic E-state index is 0.385. The van der Waals surface area contributed by atoms with Crippen molar-refractivity contribution in [1.82, 2.24) is 14.6 Å². The van der Waals surface area contributed by atoms with Crippen LogP contribution in [0.15, 0.2) is 22.8 Å². The first-order valence-electron chi connectivity index (χ1n) is 6.43. The van der Waals surface area contributed by atoms with Gasteiger partial charge in [-0.15, -0.1) is 5.10 Å². The Labute approximate surface area is 116 Å². The van der Waals surface area contributed by atoms with E-state index in [4.69, 9.17) is 0 Å². The molecule has 1 unspecified atom stereocenters. The van der Waals surface area contributed by atoms with Crippen molar-refractivity contribution in [2.24, 2.45) is 5.92 Å². The van der Waals surface area contributed by atoms with Crippen LogP contribution in [0.4, 0.5) is 5.95 Å². The van der Waals surface area contributed by atoms with E-state index in [9.17, 15) is 0 Å². The van der Waals surface area contributed by atoms with Gasteiger partial charge in [0.05, 0.1) is 4.47 Å². The van der Waals surface area contributed by atoms with Crippen molar-refractivity contribution < 1.29 is 0 Å². The molecule has 2 rings (SSSR count). The molecule has 0 spiro atoms. The van der Waals surface area contributed by atoms with E-state index in [1.165, 1.54) is 12.8 Å². The SMILES string of the molecule is CCC(CC)C(C)Nc1nc2c(Br)cccn2n1. The number of aromatic nitrogens is 3. The monoisotopic (exact) mass is 310 g/mol. The second kappa shape index (κ2) is 5.69. The first-order chi connectivity index (χ1) is 8.65. The average molecular weight is 311 g/mol. The quantitative estimate of drug-likeness (QED) is 0.915. The Bertz CT molecular complexity index is 519. The van der Waals surface area contributed by atoms with Gasteiger partial charge in [-0.05, 0) is 40.9 Å². The van der Waals surface area contributed by atoms with Crippen molar-refractivity contribution in [3.8, 4) is 0 Å². The summed E-state index contributed by atoms with van der Waals surface area (Å²) in [4.78, 5) is 4.50. The van der Waals surface area contributed by atoms with Gasteiger partial charge in [0, 0.05) is 12.2 Å². The third-order valence-corrected chi connectivity index (χ3v) is 4.05. The molecule has 0 fully saturated rings. The maximum atomic E-state index is 4.50. The van der Waals surface area contributed by atoms with Crippen LogP contribution in [-0.4, -0.2) is 20.6 Å². The summed E-state index contributed by atoms with van der Waals surface area (Å²) in [5.74, 6) is 1.35. The number of halogens is 1.